The standard InChI is InChI=1S/C23H25N3O4S2/c1-14(27)15-7-9-16(10-8-15)24-19(28)13-31-23-25-21-20(17-5-3-6-18(17)32-21)22(29)26(23)11-4-12-30-2/h7-10H,3-6,11-13H2,1-2H3,(H,24,28). The molecule has 0 saturated carbocycles. The first-order valence-electron chi connectivity index (χ1n) is 10.6. The molecule has 0 fully saturated rings. The van der Waals surface area contributed by atoms with Crippen LogP contribution >= 0.6 is 23.1 Å². The molecule has 1 amide bonds. The summed E-state index contributed by atoms with van der Waals surface area (Å²) in [6.07, 6.45) is 3.72. The average molecular weight is 472 g/mol. The van der Waals surface area contributed by atoms with Gasteiger partial charge < -0.3 is 10.1 Å². The van der Waals surface area contributed by atoms with Crippen molar-refractivity contribution >= 4 is 50.7 Å². The number of ether oxygens (including phenoxy) is 1. The Morgan fingerprint density at radius 2 is 2.03 bits per heavy atom. The van der Waals surface area contributed by atoms with E-state index in [2.05, 4.69) is 5.32 Å². The monoisotopic (exact) mass is 471 g/mol. The van der Waals surface area contributed by atoms with E-state index in [4.69, 9.17) is 9.72 Å². The summed E-state index contributed by atoms with van der Waals surface area (Å²) >= 11 is 2.86. The van der Waals surface area contributed by atoms with Crippen molar-refractivity contribution in [1.29, 1.82) is 0 Å². The number of aryl methyl sites for hydroxylation is 2. The van der Waals surface area contributed by atoms with Crippen molar-refractivity contribution in [3.63, 3.8) is 0 Å². The zero-order valence-corrected chi connectivity index (χ0v) is 19.7. The molecule has 7 nitrogen and oxygen atoms in total. The SMILES string of the molecule is COCCCn1c(SCC(=O)Nc2ccc(C(C)=O)cc2)nc2sc3c(c2c1=O)CCC3. The number of aromatic nitrogens is 2. The van der Waals surface area contributed by atoms with E-state index in [9.17, 15) is 14.4 Å². The van der Waals surface area contributed by atoms with Crippen molar-refractivity contribution < 1.29 is 14.3 Å². The summed E-state index contributed by atoms with van der Waals surface area (Å²) in [6, 6.07) is 6.78. The summed E-state index contributed by atoms with van der Waals surface area (Å²) in [5.41, 5.74) is 2.36. The predicted molar refractivity (Wildman–Crippen MR) is 128 cm³/mol. The van der Waals surface area contributed by atoms with Crippen molar-refractivity contribution in [2.75, 3.05) is 24.8 Å². The number of amides is 1. The second-order valence-electron chi connectivity index (χ2n) is 7.71. The van der Waals surface area contributed by atoms with Crippen LogP contribution < -0.4 is 10.9 Å². The van der Waals surface area contributed by atoms with Gasteiger partial charge in [-0.1, -0.05) is 11.8 Å². The van der Waals surface area contributed by atoms with Crippen LogP contribution in [0.4, 0.5) is 5.69 Å². The molecular weight excluding hydrogens is 446 g/mol. The van der Waals surface area contributed by atoms with E-state index in [0.717, 1.165) is 35.0 Å². The molecule has 2 aromatic heterocycles. The van der Waals surface area contributed by atoms with E-state index in [1.54, 1.807) is 47.3 Å². The highest BCUT2D eigenvalue weighted by Crippen LogP contribution is 2.35. The summed E-state index contributed by atoms with van der Waals surface area (Å²) < 4.78 is 6.84. The number of thioether (sulfide) groups is 1. The number of ketones is 1. The van der Waals surface area contributed by atoms with Crippen LogP contribution in [0.3, 0.4) is 0 Å². The first-order valence-corrected chi connectivity index (χ1v) is 12.4. The minimum absolute atomic E-state index is 0.0202. The van der Waals surface area contributed by atoms with Gasteiger partial charge in [-0.3, -0.25) is 19.0 Å². The summed E-state index contributed by atoms with van der Waals surface area (Å²) in [4.78, 5) is 44.0. The largest absolute Gasteiger partial charge is 0.385 e. The number of hydrogen-bond donors (Lipinski definition) is 1. The number of hydrogen-bond acceptors (Lipinski definition) is 7. The normalized spacial score (nSPS) is 12.8. The predicted octanol–water partition coefficient (Wildman–Crippen LogP) is 3.92. The molecular formula is C23H25N3O4S2. The molecule has 0 unspecified atom stereocenters. The Balaban J connectivity index is 1.53. The summed E-state index contributed by atoms with van der Waals surface area (Å²) in [7, 11) is 1.64. The molecule has 0 aliphatic heterocycles. The van der Waals surface area contributed by atoms with Crippen molar-refractivity contribution in [1.82, 2.24) is 9.55 Å². The van der Waals surface area contributed by atoms with Crippen LogP contribution in [0.5, 0.6) is 0 Å². The first kappa shape index (κ1) is 22.7. The van der Waals surface area contributed by atoms with Gasteiger partial charge in [0.25, 0.3) is 5.56 Å². The molecule has 0 atom stereocenters. The Morgan fingerprint density at radius 3 is 2.75 bits per heavy atom. The van der Waals surface area contributed by atoms with E-state index in [-0.39, 0.29) is 23.0 Å². The maximum absolute atomic E-state index is 13.3. The van der Waals surface area contributed by atoms with Crippen LogP contribution in [0.2, 0.25) is 0 Å². The second kappa shape index (κ2) is 9.97. The van der Waals surface area contributed by atoms with Gasteiger partial charge in [0.05, 0.1) is 11.1 Å². The zero-order valence-electron chi connectivity index (χ0n) is 18.1. The van der Waals surface area contributed by atoms with Gasteiger partial charge in [-0.2, -0.15) is 0 Å². The molecule has 1 aliphatic carbocycles. The minimum atomic E-state index is -0.197. The number of rotatable bonds is 9. The number of fused-ring (bicyclic) bond motifs is 3. The number of nitrogens with zero attached hydrogens (tertiary/aromatic N) is 2. The van der Waals surface area contributed by atoms with Crippen LogP contribution in [-0.4, -0.2) is 40.7 Å². The van der Waals surface area contributed by atoms with Crippen LogP contribution in [-0.2, 0) is 28.9 Å². The molecule has 32 heavy (non-hydrogen) atoms. The van der Waals surface area contributed by atoms with Gasteiger partial charge in [-0.05, 0) is 62.4 Å². The fraction of sp³-hybridized carbons (Fsp3) is 0.391. The zero-order chi connectivity index (χ0) is 22.7. The van der Waals surface area contributed by atoms with Crippen molar-refractivity contribution in [2.24, 2.45) is 0 Å². The Morgan fingerprint density at radius 1 is 1.25 bits per heavy atom. The smallest absolute Gasteiger partial charge is 0.263 e. The number of carbonyl (C=O) groups is 2. The molecule has 9 heteroatoms. The number of thiophene rings is 1. The van der Waals surface area contributed by atoms with Gasteiger partial charge in [-0.15, -0.1) is 11.3 Å². The van der Waals surface area contributed by atoms with Crippen LogP contribution in [0.25, 0.3) is 10.2 Å². The lowest BCUT2D eigenvalue weighted by molar-refractivity contribution is -0.113. The van der Waals surface area contributed by atoms with Crippen molar-refractivity contribution in [2.45, 2.75) is 44.3 Å². The van der Waals surface area contributed by atoms with Crippen LogP contribution in [0, 0.1) is 0 Å². The number of carbonyl (C=O) groups excluding carboxylic acids is 2. The third-order valence-electron chi connectivity index (χ3n) is 5.43. The van der Waals surface area contributed by atoms with E-state index in [1.165, 1.54) is 23.6 Å². The number of nitrogens with one attached hydrogen (secondary N) is 1. The third-order valence-corrected chi connectivity index (χ3v) is 7.59. The maximum atomic E-state index is 13.3. The summed E-state index contributed by atoms with van der Waals surface area (Å²) in [6.45, 7) is 2.55. The third kappa shape index (κ3) is 4.79. The molecule has 0 bridgehead atoms. The minimum Gasteiger partial charge on any atom is -0.385 e. The highest BCUT2D eigenvalue weighted by atomic mass is 32.2. The van der Waals surface area contributed by atoms with E-state index in [0.29, 0.717) is 36.0 Å². The number of methoxy groups -OCH3 is 1. The fourth-order valence-corrected chi connectivity index (χ4v) is 5.98. The molecule has 4 rings (SSSR count). The topological polar surface area (TPSA) is 90.3 Å². The Bertz CT molecular complexity index is 1210. The van der Waals surface area contributed by atoms with Gasteiger partial charge in [0.2, 0.25) is 5.91 Å². The van der Waals surface area contributed by atoms with Gasteiger partial charge in [0, 0.05) is 36.4 Å². The van der Waals surface area contributed by atoms with E-state index in [1.807, 2.05) is 0 Å². The molecule has 168 valence electrons. The van der Waals surface area contributed by atoms with Crippen LogP contribution in [0.15, 0.2) is 34.2 Å². The van der Waals surface area contributed by atoms with Crippen molar-refractivity contribution in [3.8, 4) is 0 Å². The Hall–Kier alpha value is -2.49. The molecule has 1 aliphatic rings. The van der Waals surface area contributed by atoms with Gasteiger partial charge in [0.15, 0.2) is 10.9 Å². The first-order chi connectivity index (χ1) is 15.5. The van der Waals surface area contributed by atoms with Gasteiger partial charge in [-0.25, -0.2) is 4.98 Å². The van der Waals surface area contributed by atoms with Gasteiger partial charge >= 0.3 is 0 Å². The molecule has 1 N–H and O–H groups in total. The highest BCUT2D eigenvalue weighted by molar-refractivity contribution is 7.99. The number of Topliss-reactive ketones (excluding diaryl/α,β-unsaturated/α-hetero) is 1. The Labute approximate surface area is 194 Å². The van der Waals surface area contributed by atoms with E-state index < -0.39 is 0 Å². The summed E-state index contributed by atoms with van der Waals surface area (Å²) in [5.74, 6) is -0.0927. The van der Waals surface area contributed by atoms with E-state index >= 15 is 0 Å². The molecule has 3 aromatic rings. The van der Waals surface area contributed by atoms with Gasteiger partial charge in [0.1, 0.15) is 4.83 Å². The van der Waals surface area contributed by atoms with Crippen molar-refractivity contribution in [3.05, 3.63) is 50.6 Å². The maximum Gasteiger partial charge on any atom is 0.263 e. The van der Waals surface area contributed by atoms with Crippen LogP contribution in [0.1, 0.15) is 40.6 Å². The Kier molecular flexibility index (Phi) is 7.07. The molecule has 0 spiro atoms. The quantitative estimate of drug-likeness (QED) is 0.220. The second-order valence-corrected chi connectivity index (χ2v) is 9.73. The summed E-state index contributed by atoms with van der Waals surface area (Å²) in [5, 5.41) is 4.14. The number of benzene rings is 1. The average Bonchev–Trinajstić information content (AvgIpc) is 3.35. The molecule has 2 heterocycles. The molecule has 0 radical (unpaired) electrons. The number of anilines is 1. The highest BCUT2D eigenvalue weighted by Gasteiger charge is 2.23. The lowest BCUT2D eigenvalue weighted by Gasteiger charge is -2.12. The lowest BCUT2D eigenvalue weighted by atomic mass is 10.1. The molecule has 0 saturated heterocycles. The lowest BCUT2D eigenvalue weighted by Crippen LogP contribution is -2.25. The molecule has 1 aromatic carbocycles. The fourth-order valence-electron chi connectivity index (χ4n) is 3.85.